The SMILES string of the molecule is CCOc1ccc(S(=O)(=O)N2CCCCC2)cc1NC(=O)c1ccc(COc2ccccc2)o1. The lowest BCUT2D eigenvalue weighted by Gasteiger charge is -2.26. The van der Waals surface area contributed by atoms with Crippen molar-refractivity contribution in [1.82, 2.24) is 4.31 Å². The van der Waals surface area contributed by atoms with Gasteiger partial charge in [0.25, 0.3) is 5.91 Å². The number of amides is 1. The number of para-hydroxylation sites is 1. The molecule has 9 heteroatoms. The number of sulfonamides is 1. The Hall–Kier alpha value is -3.30. The van der Waals surface area contributed by atoms with E-state index in [4.69, 9.17) is 13.9 Å². The van der Waals surface area contributed by atoms with Gasteiger partial charge in [0.15, 0.2) is 5.76 Å². The number of piperidine rings is 1. The van der Waals surface area contributed by atoms with Gasteiger partial charge in [-0.1, -0.05) is 24.6 Å². The summed E-state index contributed by atoms with van der Waals surface area (Å²) in [5, 5.41) is 2.73. The molecule has 0 atom stereocenters. The predicted octanol–water partition coefficient (Wildman–Crippen LogP) is 4.68. The highest BCUT2D eigenvalue weighted by Crippen LogP contribution is 2.31. The first-order chi connectivity index (χ1) is 16.5. The van der Waals surface area contributed by atoms with Crippen molar-refractivity contribution in [2.45, 2.75) is 37.7 Å². The quantitative estimate of drug-likeness (QED) is 0.473. The summed E-state index contributed by atoms with van der Waals surface area (Å²) in [6.45, 7) is 3.35. The molecule has 34 heavy (non-hydrogen) atoms. The Bertz CT molecular complexity index is 1220. The number of hydrogen-bond acceptors (Lipinski definition) is 6. The molecule has 0 spiro atoms. The normalized spacial score (nSPS) is 14.5. The molecule has 1 aliphatic heterocycles. The molecule has 1 aromatic heterocycles. The first-order valence-corrected chi connectivity index (χ1v) is 12.8. The van der Waals surface area contributed by atoms with Gasteiger partial charge in [-0.15, -0.1) is 0 Å². The highest BCUT2D eigenvalue weighted by Gasteiger charge is 2.27. The van der Waals surface area contributed by atoms with Crippen LogP contribution in [0.1, 0.15) is 42.5 Å². The molecular weight excluding hydrogens is 456 g/mol. The molecular formula is C25H28N2O6S. The molecule has 2 aromatic carbocycles. The van der Waals surface area contributed by atoms with E-state index in [-0.39, 0.29) is 22.9 Å². The van der Waals surface area contributed by atoms with Crippen molar-refractivity contribution in [3.8, 4) is 11.5 Å². The third kappa shape index (κ3) is 5.60. The summed E-state index contributed by atoms with van der Waals surface area (Å²) >= 11 is 0. The summed E-state index contributed by atoms with van der Waals surface area (Å²) in [5.41, 5.74) is 0.267. The number of ether oxygens (including phenoxy) is 2. The predicted molar refractivity (Wildman–Crippen MR) is 128 cm³/mol. The number of nitrogens with one attached hydrogen (secondary N) is 1. The Labute approximate surface area is 199 Å². The molecule has 0 radical (unpaired) electrons. The largest absolute Gasteiger partial charge is 0.492 e. The van der Waals surface area contributed by atoms with Gasteiger partial charge in [-0.2, -0.15) is 4.31 Å². The van der Waals surface area contributed by atoms with Crippen LogP contribution in [0.4, 0.5) is 5.69 Å². The minimum atomic E-state index is -3.66. The molecule has 180 valence electrons. The summed E-state index contributed by atoms with van der Waals surface area (Å²) in [5.74, 6) is 1.13. The van der Waals surface area contributed by atoms with Crippen LogP contribution >= 0.6 is 0 Å². The van der Waals surface area contributed by atoms with E-state index in [0.29, 0.717) is 37.0 Å². The number of hydrogen-bond donors (Lipinski definition) is 1. The maximum absolute atomic E-state index is 13.1. The third-order valence-corrected chi connectivity index (χ3v) is 7.36. The highest BCUT2D eigenvalue weighted by molar-refractivity contribution is 7.89. The standard InChI is InChI=1S/C25H28N2O6S/c1-2-31-23-14-12-21(34(29,30)27-15-7-4-8-16-27)17-22(23)26-25(28)24-13-11-20(33-24)18-32-19-9-5-3-6-10-19/h3,5-6,9-14,17H,2,4,7-8,15-16,18H2,1H3,(H,26,28). The first kappa shape index (κ1) is 23.8. The number of carbonyl (C=O) groups is 1. The monoisotopic (exact) mass is 484 g/mol. The summed E-state index contributed by atoms with van der Waals surface area (Å²) < 4.78 is 44.6. The Morgan fingerprint density at radius 1 is 1.00 bits per heavy atom. The summed E-state index contributed by atoms with van der Waals surface area (Å²) in [7, 11) is -3.66. The van der Waals surface area contributed by atoms with Crippen LogP contribution in [0, 0.1) is 0 Å². The van der Waals surface area contributed by atoms with Gasteiger partial charge < -0.3 is 19.2 Å². The second-order valence-corrected chi connectivity index (χ2v) is 9.82. The number of benzene rings is 2. The Kier molecular flexibility index (Phi) is 7.54. The van der Waals surface area contributed by atoms with Crippen LogP contribution in [0.15, 0.2) is 70.0 Å². The fourth-order valence-electron chi connectivity index (χ4n) is 3.74. The second kappa shape index (κ2) is 10.8. The molecule has 1 amide bonds. The van der Waals surface area contributed by atoms with E-state index in [1.165, 1.54) is 16.4 Å². The van der Waals surface area contributed by atoms with Crippen LogP contribution in [0.25, 0.3) is 0 Å². The van der Waals surface area contributed by atoms with Crippen molar-refractivity contribution in [2.75, 3.05) is 25.0 Å². The number of rotatable bonds is 9. The molecule has 0 saturated carbocycles. The number of furan rings is 1. The molecule has 0 aliphatic carbocycles. The Morgan fingerprint density at radius 2 is 1.76 bits per heavy atom. The van der Waals surface area contributed by atoms with Crippen LogP contribution in [0.2, 0.25) is 0 Å². The number of nitrogens with zero attached hydrogens (tertiary/aromatic N) is 1. The molecule has 8 nitrogen and oxygen atoms in total. The van der Waals surface area contributed by atoms with E-state index in [1.54, 1.807) is 18.2 Å². The second-order valence-electron chi connectivity index (χ2n) is 7.88. The van der Waals surface area contributed by atoms with E-state index in [0.717, 1.165) is 19.3 Å². The number of carbonyl (C=O) groups excluding carboxylic acids is 1. The van der Waals surface area contributed by atoms with Gasteiger partial charge in [-0.05, 0) is 62.2 Å². The average molecular weight is 485 g/mol. The van der Waals surface area contributed by atoms with Gasteiger partial charge in [0.05, 0.1) is 17.2 Å². The van der Waals surface area contributed by atoms with Crippen LogP contribution in [-0.2, 0) is 16.6 Å². The maximum atomic E-state index is 13.1. The smallest absolute Gasteiger partial charge is 0.291 e. The van der Waals surface area contributed by atoms with Crippen LogP contribution in [0.5, 0.6) is 11.5 Å². The van der Waals surface area contributed by atoms with Gasteiger partial charge in [-0.25, -0.2) is 8.42 Å². The third-order valence-electron chi connectivity index (χ3n) is 5.46. The van der Waals surface area contributed by atoms with E-state index in [9.17, 15) is 13.2 Å². The molecule has 1 aliphatic rings. The van der Waals surface area contributed by atoms with Gasteiger partial charge in [0, 0.05) is 13.1 Å². The number of anilines is 1. The molecule has 4 rings (SSSR count). The Balaban J connectivity index is 1.50. The van der Waals surface area contributed by atoms with E-state index in [1.807, 2.05) is 37.3 Å². The first-order valence-electron chi connectivity index (χ1n) is 11.3. The highest BCUT2D eigenvalue weighted by atomic mass is 32.2. The Morgan fingerprint density at radius 3 is 2.50 bits per heavy atom. The fourth-order valence-corrected chi connectivity index (χ4v) is 5.28. The van der Waals surface area contributed by atoms with Crippen molar-refractivity contribution in [3.63, 3.8) is 0 Å². The maximum Gasteiger partial charge on any atom is 0.291 e. The summed E-state index contributed by atoms with van der Waals surface area (Å²) in [4.78, 5) is 13.0. The van der Waals surface area contributed by atoms with Gasteiger partial charge >= 0.3 is 0 Å². The van der Waals surface area contributed by atoms with Gasteiger partial charge in [0.2, 0.25) is 10.0 Å². The van der Waals surface area contributed by atoms with Crippen molar-refractivity contribution in [1.29, 1.82) is 0 Å². The van der Waals surface area contributed by atoms with Gasteiger partial charge in [0.1, 0.15) is 23.9 Å². The lowest BCUT2D eigenvalue weighted by molar-refractivity contribution is 0.0992. The zero-order chi connectivity index (χ0) is 24.0. The van der Waals surface area contributed by atoms with Crippen LogP contribution in [-0.4, -0.2) is 38.3 Å². The molecule has 2 heterocycles. The fraction of sp³-hybridized carbons (Fsp3) is 0.320. The minimum Gasteiger partial charge on any atom is -0.492 e. The molecule has 0 bridgehead atoms. The average Bonchev–Trinajstić information content (AvgIpc) is 3.34. The van der Waals surface area contributed by atoms with E-state index < -0.39 is 15.9 Å². The topological polar surface area (TPSA) is 98.1 Å². The van der Waals surface area contributed by atoms with E-state index in [2.05, 4.69) is 5.32 Å². The molecule has 1 fully saturated rings. The van der Waals surface area contributed by atoms with Crippen molar-refractivity contribution >= 4 is 21.6 Å². The summed E-state index contributed by atoms with van der Waals surface area (Å²) in [6, 6.07) is 17.0. The lowest BCUT2D eigenvalue weighted by Crippen LogP contribution is -2.35. The zero-order valence-electron chi connectivity index (χ0n) is 19.0. The molecule has 1 saturated heterocycles. The van der Waals surface area contributed by atoms with Crippen LogP contribution in [0.3, 0.4) is 0 Å². The zero-order valence-corrected chi connectivity index (χ0v) is 19.8. The van der Waals surface area contributed by atoms with E-state index >= 15 is 0 Å². The molecule has 1 N–H and O–H groups in total. The van der Waals surface area contributed by atoms with Crippen molar-refractivity contribution in [3.05, 3.63) is 72.2 Å². The lowest BCUT2D eigenvalue weighted by atomic mass is 10.2. The van der Waals surface area contributed by atoms with Gasteiger partial charge in [-0.3, -0.25) is 4.79 Å². The molecule has 3 aromatic rings. The summed E-state index contributed by atoms with van der Waals surface area (Å²) in [6.07, 6.45) is 2.71. The van der Waals surface area contributed by atoms with Crippen molar-refractivity contribution in [2.24, 2.45) is 0 Å². The minimum absolute atomic E-state index is 0.0819. The molecule has 0 unspecified atom stereocenters. The van der Waals surface area contributed by atoms with Crippen LogP contribution < -0.4 is 14.8 Å². The van der Waals surface area contributed by atoms with Crippen molar-refractivity contribution < 1.29 is 27.1 Å².